The molecule has 0 aliphatic heterocycles. The monoisotopic (exact) mass is 626 g/mol. The topological polar surface area (TPSA) is 182 Å². The lowest BCUT2D eigenvalue weighted by Gasteiger charge is -2.57. The van der Waals surface area contributed by atoms with Gasteiger partial charge >= 0.3 is 0 Å². The maximum Gasteiger partial charge on any atom is 0.0640 e. The smallest absolute Gasteiger partial charge is 0.0640 e. The predicted molar refractivity (Wildman–Crippen MR) is 167 cm³/mol. The van der Waals surface area contributed by atoms with Crippen LogP contribution in [0, 0.1) is 75.9 Å². The average molecular weight is 627 g/mol. The van der Waals surface area contributed by atoms with Gasteiger partial charge < -0.3 is 46.0 Å². The number of rotatable bonds is 11. The van der Waals surface area contributed by atoms with Crippen molar-refractivity contribution in [2.45, 2.75) is 90.4 Å². The molecule has 256 valence electrons. The van der Waals surface area contributed by atoms with Crippen molar-refractivity contribution in [1.82, 2.24) is 0 Å². The maximum atomic E-state index is 10.9. The summed E-state index contributed by atoms with van der Waals surface area (Å²) in [5, 5.41) is 93.2. The van der Waals surface area contributed by atoms with E-state index in [9.17, 15) is 46.0 Å². The molecule has 4 aliphatic rings. The third kappa shape index (κ3) is 6.83. The summed E-state index contributed by atoms with van der Waals surface area (Å²) in [5.41, 5.74) is -0.427. The highest BCUT2D eigenvalue weighted by Gasteiger charge is 2.54. The Morgan fingerprint density at radius 1 is 0.455 bits per heavy atom. The van der Waals surface area contributed by atoms with Gasteiger partial charge in [0.15, 0.2) is 0 Å². The van der Waals surface area contributed by atoms with E-state index in [0.29, 0.717) is 25.7 Å². The van der Waals surface area contributed by atoms with Gasteiger partial charge in [-0.1, -0.05) is 32.9 Å². The Kier molecular flexibility index (Phi) is 12.4. The SMILES string of the molecule is CC(C)(C1C=CC(C(C)(C2CC(CO)C(O)C(CO)C2)C2CC(CO)C(O)C(CO)C2)CC1)C1CC(CO)C(O)C(CO)C1. The van der Waals surface area contributed by atoms with Crippen molar-refractivity contribution in [1.29, 1.82) is 0 Å². The molecule has 4 aliphatic carbocycles. The van der Waals surface area contributed by atoms with Crippen molar-refractivity contribution in [3.05, 3.63) is 12.2 Å². The first-order valence-corrected chi connectivity index (χ1v) is 17.3. The van der Waals surface area contributed by atoms with Crippen LogP contribution in [0.5, 0.6) is 0 Å². The van der Waals surface area contributed by atoms with Crippen molar-refractivity contribution in [3.63, 3.8) is 0 Å². The number of aliphatic hydroxyl groups is 9. The molecule has 8 atom stereocenters. The molecule has 3 fully saturated rings. The Morgan fingerprint density at radius 2 is 0.727 bits per heavy atom. The van der Waals surface area contributed by atoms with Crippen molar-refractivity contribution >= 4 is 0 Å². The first-order chi connectivity index (χ1) is 20.9. The van der Waals surface area contributed by atoms with Crippen LogP contribution in [0.4, 0.5) is 0 Å². The molecule has 9 N–H and O–H groups in total. The van der Waals surface area contributed by atoms with Crippen LogP contribution in [-0.2, 0) is 0 Å². The second-order valence-electron chi connectivity index (χ2n) is 16.0. The van der Waals surface area contributed by atoms with Crippen molar-refractivity contribution in [2.75, 3.05) is 39.6 Å². The van der Waals surface area contributed by atoms with Gasteiger partial charge in [-0.2, -0.15) is 0 Å². The van der Waals surface area contributed by atoms with Crippen LogP contribution in [0.2, 0.25) is 0 Å². The molecule has 0 saturated heterocycles. The largest absolute Gasteiger partial charge is 0.396 e. The lowest BCUT2D eigenvalue weighted by Crippen LogP contribution is -2.53. The molecule has 0 aromatic heterocycles. The van der Waals surface area contributed by atoms with Crippen molar-refractivity contribution in [2.24, 2.45) is 75.9 Å². The summed E-state index contributed by atoms with van der Waals surface area (Å²) in [6.45, 7) is 6.05. The Bertz CT molecular complexity index is 850. The van der Waals surface area contributed by atoms with Crippen LogP contribution in [0.25, 0.3) is 0 Å². The average Bonchev–Trinajstić information content (AvgIpc) is 3.04. The molecular weight excluding hydrogens is 564 g/mol. The van der Waals surface area contributed by atoms with Crippen molar-refractivity contribution < 1.29 is 46.0 Å². The summed E-state index contributed by atoms with van der Waals surface area (Å²) in [5.74, 6) is -0.952. The van der Waals surface area contributed by atoms with E-state index in [1.54, 1.807) is 0 Å². The molecule has 0 heterocycles. The lowest BCUT2D eigenvalue weighted by atomic mass is 9.49. The first kappa shape index (κ1) is 36.2. The molecule has 0 spiro atoms. The van der Waals surface area contributed by atoms with Crippen LogP contribution in [0.15, 0.2) is 12.2 Å². The summed E-state index contributed by atoms with van der Waals surface area (Å²) in [6.07, 6.45) is 8.30. The molecule has 0 radical (unpaired) electrons. The molecule has 3 saturated carbocycles. The highest BCUT2D eigenvalue weighted by atomic mass is 16.3. The number of hydrogen-bond donors (Lipinski definition) is 9. The van der Waals surface area contributed by atoms with E-state index in [0.717, 1.165) is 25.7 Å². The van der Waals surface area contributed by atoms with Gasteiger partial charge in [-0.15, -0.1) is 0 Å². The predicted octanol–water partition coefficient (Wildman–Crippen LogP) is 1.57. The van der Waals surface area contributed by atoms with E-state index in [1.165, 1.54) is 0 Å². The molecule has 0 aromatic carbocycles. The number of hydrogen-bond acceptors (Lipinski definition) is 9. The van der Waals surface area contributed by atoms with Crippen molar-refractivity contribution in [3.8, 4) is 0 Å². The Hall–Kier alpha value is -0.620. The molecule has 9 nitrogen and oxygen atoms in total. The molecule has 0 bridgehead atoms. The zero-order valence-electron chi connectivity index (χ0n) is 27.2. The zero-order chi connectivity index (χ0) is 32.4. The second kappa shape index (κ2) is 15.1. The van der Waals surface area contributed by atoms with Crippen LogP contribution in [0.1, 0.15) is 72.1 Å². The van der Waals surface area contributed by atoms with E-state index in [4.69, 9.17) is 0 Å². The van der Waals surface area contributed by atoms with Gasteiger partial charge in [0.25, 0.3) is 0 Å². The van der Waals surface area contributed by atoms with Gasteiger partial charge in [0.1, 0.15) is 0 Å². The molecule has 9 heteroatoms. The number of aliphatic hydroxyl groups excluding tert-OH is 9. The third-order valence-electron chi connectivity index (χ3n) is 13.8. The van der Waals surface area contributed by atoms with Gasteiger partial charge in [-0.3, -0.25) is 0 Å². The zero-order valence-corrected chi connectivity index (χ0v) is 27.2. The Balaban J connectivity index is 1.65. The van der Waals surface area contributed by atoms with Gasteiger partial charge in [0.2, 0.25) is 0 Å². The van der Waals surface area contributed by atoms with Gasteiger partial charge in [0.05, 0.1) is 18.3 Å². The summed E-state index contributed by atoms with van der Waals surface area (Å²) in [4.78, 5) is 0. The first-order valence-electron chi connectivity index (χ1n) is 17.3. The molecule has 44 heavy (non-hydrogen) atoms. The third-order valence-corrected chi connectivity index (χ3v) is 13.8. The molecular formula is C35H62O9. The van der Waals surface area contributed by atoms with Crippen LogP contribution >= 0.6 is 0 Å². The normalized spacial score (nSPS) is 45.2. The minimum atomic E-state index is -0.763. The van der Waals surface area contributed by atoms with Crippen LogP contribution in [-0.4, -0.2) is 104 Å². The maximum absolute atomic E-state index is 10.9. The minimum absolute atomic E-state index is 0.0915. The molecule has 8 unspecified atom stereocenters. The Labute approximate surface area is 264 Å². The van der Waals surface area contributed by atoms with E-state index < -0.39 is 18.3 Å². The summed E-state index contributed by atoms with van der Waals surface area (Å²) in [6, 6.07) is 0. The molecule has 0 aromatic rings. The highest BCUT2D eigenvalue weighted by Crippen LogP contribution is 2.59. The highest BCUT2D eigenvalue weighted by molar-refractivity contribution is 5.12. The van der Waals surface area contributed by atoms with E-state index in [1.807, 2.05) is 0 Å². The fourth-order valence-corrected chi connectivity index (χ4v) is 10.4. The standard InChI is InChI=1S/C35H62O9/c1-34(2,28-8-20(14-36)31(42)21(9-28)15-37)26-4-6-27(7-5-26)35(3,29-10-22(16-38)32(43)23(11-29)17-39)30-12-24(18-40)33(44)25(13-30)19-41/h4,6,20-33,36-44H,5,7-19H2,1-3H3. The van der Waals surface area contributed by atoms with Crippen LogP contribution in [0.3, 0.4) is 0 Å². The summed E-state index contributed by atoms with van der Waals surface area (Å²) < 4.78 is 0. The number of allylic oxidation sites excluding steroid dienone is 2. The summed E-state index contributed by atoms with van der Waals surface area (Å²) >= 11 is 0. The molecule has 0 amide bonds. The van der Waals surface area contributed by atoms with Gasteiger partial charge in [-0.05, 0) is 91.8 Å². The lowest BCUT2D eigenvalue weighted by molar-refractivity contribution is -0.124. The fourth-order valence-electron chi connectivity index (χ4n) is 10.4. The minimum Gasteiger partial charge on any atom is -0.396 e. The van der Waals surface area contributed by atoms with Gasteiger partial charge in [-0.25, -0.2) is 0 Å². The second-order valence-corrected chi connectivity index (χ2v) is 16.0. The Morgan fingerprint density at radius 3 is 1.00 bits per heavy atom. The van der Waals surface area contributed by atoms with Crippen LogP contribution < -0.4 is 0 Å². The quantitative estimate of drug-likeness (QED) is 0.154. The molecule has 4 rings (SSSR count). The van der Waals surface area contributed by atoms with E-state index in [-0.39, 0.29) is 116 Å². The van der Waals surface area contributed by atoms with Gasteiger partial charge in [0, 0.05) is 75.1 Å². The van der Waals surface area contributed by atoms with E-state index >= 15 is 0 Å². The fraction of sp³-hybridized carbons (Fsp3) is 0.943. The van der Waals surface area contributed by atoms with E-state index in [2.05, 4.69) is 32.9 Å². The summed E-state index contributed by atoms with van der Waals surface area (Å²) in [7, 11) is 0.